The zero-order valence-corrected chi connectivity index (χ0v) is 13.0. The van der Waals surface area contributed by atoms with Crippen LogP contribution >= 0.6 is 0 Å². The topological polar surface area (TPSA) is 92.4 Å². The number of carboxylic acid groups (broad SMARTS) is 1. The molecule has 1 atom stereocenters. The van der Waals surface area contributed by atoms with Crippen molar-refractivity contribution in [1.29, 1.82) is 0 Å². The summed E-state index contributed by atoms with van der Waals surface area (Å²) in [6.45, 7) is 8.00. The highest BCUT2D eigenvalue weighted by molar-refractivity contribution is 5.83. The van der Waals surface area contributed by atoms with Crippen LogP contribution in [0.25, 0.3) is 0 Å². The lowest BCUT2D eigenvalue weighted by Crippen LogP contribution is -2.52. The van der Waals surface area contributed by atoms with Gasteiger partial charge in [0.1, 0.15) is 0 Å². The Morgan fingerprint density at radius 2 is 1.85 bits per heavy atom. The minimum atomic E-state index is -0.820. The van der Waals surface area contributed by atoms with E-state index in [1.807, 2.05) is 20.8 Å². The molecule has 1 unspecified atom stereocenters. The molecule has 20 heavy (non-hydrogen) atoms. The fourth-order valence-electron chi connectivity index (χ4n) is 2.54. The lowest BCUT2D eigenvalue weighted by molar-refractivity contribution is -0.151. The molecule has 4 N–H and O–H groups in total. The van der Waals surface area contributed by atoms with Crippen LogP contribution in [0.2, 0.25) is 0 Å². The van der Waals surface area contributed by atoms with Crippen LogP contribution in [0.3, 0.4) is 0 Å². The predicted molar refractivity (Wildman–Crippen MR) is 78.1 cm³/mol. The Bertz CT molecular complexity index is 366. The Labute approximate surface area is 121 Å². The lowest BCUT2D eigenvalue weighted by Gasteiger charge is -2.36. The van der Waals surface area contributed by atoms with Gasteiger partial charge in [-0.1, -0.05) is 27.7 Å². The van der Waals surface area contributed by atoms with Crippen molar-refractivity contribution in [3.8, 4) is 0 Å². The van der Waals surface area contributed by atoms with Gasteiger partial charge in [0.25, 0.3) is 0 Å². The Kier molecular flexibility index (Phi) is 5.19. The lowest BCUT2D eigenvalue weighted by atomic mass is 9.70. The second-order valence-corrected chi connectivity index (χ2v) is 7.33. The largest absolute Gasteiger partial charge is 0.481 e. The summed E-state index contributed by atoms with van der Waals surface area (Å²) in [6.07, 6.45) is 3.03. The standard InChI is InChI=1S/C15H28N2O3/c1-10-5-7-15(8-6-10,13(19)20)9-17-12(18)11(16)14(2,3)4/h10-11H,5-9,16H2,1-4H3,(H,17,18)(H,19,20). The third-order valence-corrected chi connectivity index (χ3v) is 4.50. The second kappa shape index (κ2) is 6.12. The third-order valence-electron chi connectivity index (χ3n) is 4.50. The van der Waals surface area contributed by atoms with Crippen molar-refractivity contribution in [2.75, 3.05) is 6.54 Å². The van der Waals surface area contributed by atoms with Gasteiger partial charge < -0.3 is 16.2 Å². The monoisotopic (exact) mass is 284 g/mol. The van der Waals surface area contributed by atoms with E-state index in [0.29, 0.717) is 18.8 Å². The molecule has 1 aliphatic rings. The van der Waals surface area contributed by atoms with Crippen LogP contribution in [0.4, 0.5) is 0 Å². The molecule has 0 spiro atoms. The van der Waals surface area contributed by atoms with Crippen LogP contribution in [0.5, 0.6) is 0 Å². The molecule has 1 saturated carbocycles. The molecule has 0 radical (unpaired) electrons. The maximum atomic E-state index is 12.0. The Morgan fingerprint density at radius 3 is 2.25 bits per heavy atom. The molecule has 0 aromatic carbocycles. The SMILES string of the molecule is CC1CCC(CNC(=O)C(N)C(C)(C)C)(C(=O)O)CC1. The molecule has 1 rings (SSSR count). The van der Waals surface area contributed by atoms with Crippen LogP contribution in [0.1, 0.15) is 53.4 Å². The van der Waals surface area contributed by atoms with Crippen LogP contribution < -0.4 is 11.1 Å². The minimum Gasteiger partial charge on any atom is -0.481 e. The highest BCUT2D eigenvalue weighted by Crippen LogP contribution is 2.38. The summed E-state index contributed by atoms with van der Waals surface area (Å²) in [4.78, 5) is 23.6. The van der Waals surface area contributed by atoms with Crippen LogP contribution in [-0.2, 0) is 9.59 Å². The van der Waals surface area contributed by atoms with E-state index in [0.717, 1.165) is 12.8 Å². The van der Waals surface area contributed by atoms with E-state index in [-0.39, 0.29) is 17.9 Å². The highest BCUT2D eigenvalue weighted by Gasteiger charge is 2.42. The maximum Gasteiger partial charge on any atom is 0.311 e. The van der Waals surface area contributed by atoms with Crippen molar-refractivity contribution in [2.24, 2.45) is 22.5 Å². The van der Waals surface area contributed by atoms with Crippen molar-refractivity contribution >= 4 is 11.9 Å². The van der Waals surface area contributed by atoms with Gasteiger partial charge >= 0.3 is 5.97 Å². The van der Waals surface area contributed by atoms with E-state index in [4.69, 9.17) is 5.73 Å². The van der Waals surface area contributed by atoms with Gasteiger partial charge in [-0.3, -0.25) is 9.59 Å². The highest BCUT2D eigenvalue weighted by atomic mass is 16.4. The number of amides is 1. The van der Waals surface area contributed by atoms with Gasteiger partial charge in [-0.15, -0.1) is 0 Å². The molecule has 0 aromatic heterocycles. The molecule has 0 aromatic rings. The summed E-state index contributed by atoms with van der Waals surface area (Å²) in [5, 5.41) is 12.3. The molecule has 0 bridgehead atoms. The average molecular weight is 284 g/mol. The molecule has 1 aliphatic carbocycles. The number of rotatable bonds is 4. The molecular weight excluding hydrogens is 256 g/mol. The predicted octanol–water partition coefficient (Wildman–Crippen LogP) is 1.76. The van der Waals surface area contributed by atoms with Crippen LogP contribution in [0, 0.1) is 16.7 Å². The number of hydrogen-bond donors (Lipinski definition) is 3. The Hall–Kier alpha value is -1.10. The maximum absolute atomic E-state index is 12.0. The summed E-state index contributed by atoms with van der Waals surface area (Å²) in [7, 11) is 0. The summed E-state index contributed by atoms with van der Waals surface area (Å²) in [5.74, 6) is -0.513. The van der Waals surface area contributed by atoms with Crippen LogP contribution in [0.15, 0.2) is 0 Å². The molecule has 1 amide bonds. The quantitative estimate of drug-likeness (QED) is 0.733. The molecule has 116 valence electrons. The Morgan fingerprint density at radius 1 is 1.35 bits per heavy atom. The summed E-state index contributed by atoms with van der Waals surface area (Å²) < 4.78 is 0. The number of nitrogens with two attached hydrogens (primary N) is 1. The number of nitrogens with one attached hydrogen (secondary N) is 1. The first-order valence-electron chi connectivity index (χ1n) is 7.35. The van der Waals surface area contributed by atoms with Crippen LogP contribution in [-0.4, -0.2) is 29.6 Å². The third kappa shape index (κ3) is 3.95. The van der Waals surface area contributed by atoms with E-state index in [1.54, 1.807) is 0 Å². The average Bonchev–Trinajstić information content (AvgIpc) is 2.35. The minimum absolute atomic E-state index is 0.178. The summed E-state index contributed by atoms with van der Waals surface area (Å²) in [5.41, 5.74) is 4.74. The van der Waals surface area contributed by atoms with Crippen molar-refractivity contribution in [1.82, 2.24) is 5.32 Å². The fourth-order valence-corrected chi connectivity index (χ4v) is 2.54. The van der Waals surface area contributed by atoms with E-state index in [9.17, 15) is 14.7 Å². The fraction of sp³-hybridized carbons (Fsp3) is 0.867. The summed E-state index contributed by atoms with van der Waals surface area (Å²) in [6, 6.07) is -0.629. The van der Waals surface area contributed by atoms with Gasteiger partial charge in [0.2, 0.25) is 5.91 Å². The van der Waals surface area contributed by atoms with E-state index in [2.05, 4.69) is 12.2 Å². The zero-order valence-electron chi connectivity index (χ0n) is 13.0. The molecule has 5 nitrogen and oxygen atoms in total. The number of carbonyl (C=O) groups excluding carboxylic acids is 1. The zero-order chi connectivity index (χ0) is 15.6. The smallest absolute Gasteiger partial charge is 0.311 e. The van der Waals surface area contributed by atoms with E-state index < -0.39 is 17.4 Å². The molecule has 1 fully saturated rings. The molecule has 5 heteroatoms. The van der Waals surface area contributed by atoms with E-state index in [1.165, 1.54) is 0 Å². The van der Waals surface area contributed by atoms with Gasteiger partial charge in [-0.05, 0) is 37.0 Å². The summed E-state index contributed by atoms with van der Waals surface area (Å²) >= 11 is 0. The number of carbonyl (C=O) groups is 2. The molecule has 0 saturated heterocycles. The normalized spacial score (nSPS) is 28.8. The van der Waals surface area contributed by atoms with Crippen molar-refractivity contribution in [2.45, 2.75) is 59.4 Å². The number of hydrogen-bond acceptors (Lipinski definition) is 3. The van der Waals surface area contributed by atoms with Gasteiger partial charge in [-0.2, -0.15) is 0 Å². The first-order chi connectivity index (χ1) is 9.08. The van der Waals surface area contributed by atoms with Gasteiger partial charge in [0.15, 0.2) is 0 Å². The van der Waals surface area contributed by atoms with Gasteiger partial charge in [0.05, 0.1) is 11.5 Å². The van der Waals surface area contributed by atoms with Gasteiger partial charge in [0, 0.05) is 6.54 Å². The molecule has 0 aliphatic heterocycles. The first-order valence-corrected chi connectivity index (χ1v) is 7.35. The number of carboxylic acids is 1. The first kappa shape index (κ1) is 17.0. The Balaban J connectivity index is 2.65. The molecule has 0 heterocycles. The van der Waals surface area contributed by atoms with Crippen molar-refractivity contribution < 1.29 is 14.7 Å². The van der Waals surface area contributed by atoms with Gasteiger partial charge in [-0.25, -0.2) is 0 Å². The molecular formula is C15H28N2O3. The second-order valence-electron chi connectivity index (χ2n) is 7.33. The van der Waals surface area contributed by atoms with Crippen molar-refractivity contribution in [3.63, 3.8) is 0 Å². The van der Waals surface area contributed by atoms with E-state index >= 15 is 0 Å². The number of aliphatic carboxylic acids is 1. The van der Waals surface area contributed by atoms with Crippen molar-refractivity contribution in [3.05, 3.63) is 0 Å².